The van der Waals surface area contributed by atoms with Crippen LogP contribution in [-0.2, 0) is 0 Å². The van der Waals surface area contributed by atoms with Gasteiger partial charge in [0.1, 0.15) is 17.7 Å². The first kappa shape index (κ1) is 13.4. The largest absolute Gasteiger partial charge is 0.485 e. The van der Waals surface area contributed by atoms with Crippen molar-refractivity contribution in [3.05, 3.63) is 64.4 Å². The Morgan fingerprint density at radius 2 is 2.10 bits per heavy atom. The van der Waals surface area contributed by atoms with Crippen molar-refractivity contribution in [2.75, 3.05) is 7.05 Å². The molecule has 2 nitrogen and oxygen atoms in total. The number of hydrogen-bond acceptors (Lipinski definition) is 2. The number of ether oxygens (including phenoxy) is 1. The molecule has 0 bridgehead atoms. The third-order valence-corrected chi connectivity index (χ3v) is 3.87. The van der Waals surface area contributed by atoms with Crippen LogP contribution in [0.2, 0.25) is 5.02 Å². The molecule has 3 rings (SSSR count). The Labute approximate surface area is 122 Å². The smallest absolute Gasteiger partial charge is 0.126 e. The van der Waals surface area contributed by atoms with Crippen molar-refractivity contribution in [2.45, 2.75) is 18.6 Å². The predicted octanol–water partition coefficient (Wildman–Crippen LogP) is 4.26. The highest BCUT2D eigenvalue weighted by atomic mass is 35.5. The number of rotatable bonds is 2. The molecule has 0 fully saturated rings. The summed E-state index contributed by atoms with van der Waals surface area (Å²) in [4.78, 5) is 0. The predicted molar refractivity (Wildman–Crippen MR) is 77.6 cm³/mol. The third kappa shape index (κ3) is 2.51. The van der Waals surface area contributed by atoms with E-state index in [1.54, 1.807) is 6.07 Å². The van der Waals surface area contributed by atoms with Gasteiger partial charge in [-0.1, -0.05) is 23.7 Å². The average Bonchev–Trinajstić information content (AvgIpc) is 2.46. The molecule has 2 atom stereocenters. The van der Waals surface area contributed by atoms with Gasteiger partial charge in [-0.3, -0.25) is 0 Å². The molecule has 2 unspecified atom stereocenters. The van der Waals surface area contributed by atoms with Gasteiger partial charge in [0.15, 0.2) is 0 Å². The van der Waals surface area contributed by atoms with Crippen LogP contribution in [0.4, 0.5) is 4.39 Å². The lowest BCUT2D eigenvalue weighted by Crippen LogP contribution is -2.26. The second-order valence-corrected chi connectivity index (χ2v) is 5.36. The van der Waals surface area contributed by atoms with Gasteiger partial charge in [0.2, 0.25) is 0 Å². The summed E-state index contributed by atoms with van der Waals surface area (Å²) in [6.07, 6.45) is 0.664. The first-order valence-corrected chi connectivity index (χ1v) is 6.94. The molecule has 0 spiro atoms. The van der Waals surface area contributed by atoms with Crippen molar-refractivity contribution in [2.24, 2.45) is 0 Å². The molecular formula is C16H15ClFNO. The highest BCUT2D eigenvalue weighted by Gasteiger charge is 2.28. The van der Waals surface area contributed by atoms with E-state index in [1.165, 1.54) is 12.1 Å². The lowest BCUT2D eigenvalue weighted by molar-refractivity contribution is 0.153. The summed E-state index contributed by atoms with van der Waals surface area (Å²) in [6.45, 7) is 0. The van der Waals surface area contributed by atoms with Crippen molar-refractivity contribution < 1.29 is 9.13 Å². The zero-order chi connectivity index (χ0) is 14.1. The van der Waals surface area contributed by atoms with Gasteiger partial charge in [0.05, 0.1) is 0 Å². The van der Waals surface area contributed by atoms with Crippen LogP contribution in [0.1, 0.15) is 29.7 Å². The van der Waals surface area contributed by atoms with Crippen LogP contribution in [0.3, 0.4) is 0 Å². The maximum atomic E-state index is 13.4. The van der Waals surface area contributed by atoms with Crippen molar-refractivity contribution in [1.82, 2.24) is 5.32 Å². The molecular weight excluding hydrogens is 277 g/mol. The summed E-state index contributed by atoms with van der Waals surface area (Å²) in [6, 6.07) is 12.4. The Morgan fingerprint density at radius 1 is 1.25 bits per heavy atom. The minimum Gasteiger partial charge on any atom is -0.485 e. The first-order chi connectivity index (χ1) is 9.67. The molecule has 1 aliphatic heterocycles. The van der Waals surface area contributed by atoms with Crippen molar-refractivity contribution in [1.29, 1.82) is 0 Å². The molecule has 0 radical (unpaired) electrons. The van der Waals surface area contributed by atoms with E-state index in [0.29, 0.717) is 5.02 Å². The van der Waals surface area contributed by atoms with Gasteiger partial charge in [-0.05, 0) is 42.9 Å². The summed E-state index contributed by atoms with van der Waals surface area (Å²) in [5.41, 5.74) is 1.90. The van der Waals surface area contributed by atoms with Crippen molar-refractivity contribution in [3.8, 4) is 5.75 Å². The normalized spacial score (nSPS) is 21.1. The highest BCUT2D eigenvalue weighted by Crippen LogP contribution is 2.41. The van der Waals surface area contributed by atoms with E-state index >= 15 is 0 Å². The van der Waals surface area contributed by atoms with E-state index in [0.717, 1.165) is 23.3 Å². The second-order valence-electron chi connectivity index (χ2n) is 4.92. The summed E-state index contributed by atoms with van der Waals surface area (Å²) in [7, 11) is 1.87. The van der Waals surface area contributed by atoms with Crippen LogP contribution < -0.4 is 10.1 Å². The van der Waals surface area contributed by atoms with E-state index in [-0.39, 0.29) is 18.0 Å². The third-order valence-electron chi connectivity index (χ3n) is 3.64. The Kier molecular flexibility index (Phi) is 3.64. The van der Waals surface area contributed by atoms with Crippen LogP contribution in [-0.4, -0.2) is 7.05 Å². The molecule has 2 aromatic carbocycles. The topological polar surface area (TPSA) is 21.3 Å². The molecule has 1 N–H and O–H groups in total. The molecule has 4 heteroatoms. The lowest BCUT2D eigenvalue weighted by Gasteiger charge is -2.32. The van der Waals surface area contributed by atoms with E-state index in [1.807, 2.05) is 31.3 Å². The zero-order valence-electron chi connectivity index (χ0n) is 11.1. The Bertz CT molecular complexity index is 632. The van der Waals surface area contributed by atoms with Crippen molar-refractivity contribution >= 4 is 11.6 Å². The molecule has 0 saturated heterocycles. The summed E-state index contributed by atoms with van der Waals surface area (Å²) < 4.78 is 19.4. The molecule has 0 aromatic heterocycles. The fourth-order valence-electron chi connectivity index (χ4n) is 2.63. The molecule has 20 heavy (non-hydrogen) atoms. The standard InChI is InChI=1S/C16H15ClFNO/c1-19-14-9-16(10-3-2-4-11(17)7-10)20-15-6-5-12(18)8-13(14)15/h2-8,14,16,19H,9H2,1H3. The highest BCUT2D eigenvalue weighted by molar-refractivity contribution is 6.30. The fraction of sp³-hybridized carbons (Fsp3) is 0.250. The van der Waals surface area contributed by atoms with Gasteiger partial charge in [-0.15, -0.1) is 0 Å². The van der Waals surface area contributed by atoms with Crippen LogP contribution in [0.15, 0.2) is 42.5 Å². The molecule has 0 aliphatic carbocycles. The van der Waals surface area contributed by atoms with Gasteiger partial charge >= 0.3 is 0 Å². The monoisotopic (exact) mass is 291 g/mol. The second kappa shape index (κ2) is 5.43. The summed E-state index contributed by atoms with van der Waals surface area (Å²) >= 11 is 6.03. The first-order valence-electron chi connectivity index (χ1n) is 6.56. The molecule has 2 aromatic rings. The van der Waals surface area contributed by atoms with E-state index < -0.39 is 0 Å². The van der Waals surface area contributed by atoms with Gasteiger partial charge in [0, 0.05) is 23.0 Å². The number of nitrogens with one attached hydrogen (secondary N) is 1. The van der Waals surface area contributed by atoms with Crippen molar-refractivity contribution in [3.63, 3.8) is 0 Å². The van der Waals surface area contributed by atoms with Gasteiger partial charge in [0.25, 0.3) is 0 Å². The van der Waals surface area contributed by atoms with Gasteiger partial charge < -0.3 is 10.1 Å². The molecule has 1 aliphatic rings. The molecule has 0 amide bonds. The molecule has 1 heterocycles. The number of fused-ring (bicyclic) bond motifs is 1. The van der Waals surface area contributed by atoms with E-state index in [4.69, 9.17) is 16.3 Å². The Morgan fingerprint density at radius 3 is 2.85 bits per heavy atom. The fourth-order valence-corrected chi connectivity index (χ4v) is 2.82. The summed E-state index contributed by atoms with van der Waals surface area (Å²) in [5.74, 6) is 0.482. The Hall–Kier alpha value is -1.58. The quantitative estimate of drug-likeness (QED) is 0.892. The zero-order valence-corrected chi connectivity index (χ0v) is 11.8. The number of benzene rings is 2. The number of hydrogen-bond donors (Lipinski definition) is 1. The Balaban J connectivity index is 1.96. The van der Waals surface area contributed by atoms with Crippen LogP contribution in [0.25, 0.3) is 0 Å². The summed E-state index contributed by atoms with van der Waals surface area (Å²) in [5, 5.41) is 3.91. The van der Waals surface area contributed by atoms with Crippen LogP contribution in [0, 0.1) is 5.82 Å². The van der Waals surface area contributed by atoms with Crippen LogP contribution in [0.5, 0.6) is 5.75 Å². The van der Waals surface area contributed by atoms with E-state index in [2.05, 4.69) is 5.32 Å². The SMILES string of the molecule is CNC1CC(c2cccc(Cl)c2)Oc2ccc(F)cc21. The minimum atomic E-state index is -0.242. The molecule has 0 saturated carbocycles. The van der Waals surface area contributed by atoms with Gasteiger partial charge in [-0.2, -0.15) is 0 Å². The molecule has 104 valence electrons. The lowest BCUT2D eigenvalue weighted by atomic mass is 9.93. The minimum absolute atomic E-state index is 0.0680. The number of halogens is 2. The van der Waals surface area contributed by atoms with Crippen LogP contribution >= 0.6 is 11.6 Å². The maximum absolute atomic E-state index is 13.4. The van der Waals surface area contributed by atoms with Gasteiger partial charge in [-0.25, -0.2) is 4.39 Å². The maximum Gasteiger partial charge on any atom is 0.126 e. The van der Waals surface area contributed by atoms with E-state index in [9.17, 15) is 4.39 Å². The average molecular weight is 292 g/mol.